The van der Waals surface area contributed by atoms with Gasteiger partial charge in [-0.1, -0.05) is 30.3 Å². The number of carbonyl (C=O) groups excluding carboxylic acids is 1. The number of nitrogens with two attached hydrogens (primary N) is 1. The van der Waals surface area contributed by atoms with Crippen molar-refractivity contribution in [3.8, 4) is 0 Å². The minimum Gasteiger partial charge on any atom is -0.394 e. The molecular formula is C13H16N4O2. The summed E-state index contributed by atoms with van der Waals surface area (Å²) in [6, 6.07) is 10.6. The molecule has 0 bridgehead atoms. The van der Waals surface area contributed by atoms with Crippen molar-refractivity contribution < 1.29 is 9.90 Å². The summed E-state index contributed by atoms with van der Waals surface area (Å²) in [6.07, 6.45) is 1.77. The number of anilines is 1. The summed E-state index contributed by atoms with van der Waals surface area (Å²) >= 11 is 0. The highest BCUT2D eigenvalue weighted by Crippen LogP contribution is 2.06. The molecule has 1 atom stereocenters. The Morgan fingerprint density at radius 3 is 2.79 bits per heavy atom. The fraction of sp³-hybridized carbons (Fsp3) is 0.231. The second-order valence-electron chi connectivity index (χ2n) is 4.16. The van der Waals surface area contributed by atoms with Gasteiger partial charge in [0.2, 0.25) is 5.91 Å². The topological polar surface area (TPSA) is 93.2 Å². The number of hydrogen-bond donors (Lipinski definition) is 3. The predicted octanol–water partition coefficient (Wildman–Crippen LogP) is 0.189. The number of aliphatic hydroxyl groups excluding tert-OH is 1. The summed E-state index contributed by atoms with van der Waals surface area (Å²) in [5.74, 6) is -0.0303. The van der Waals surface area contributed by atoms with Crippen molar-refractivity contribution in [3.05, 3.63) is 48.2 Å². The molecule has 0 saturated heterocycles. The molecule has 6 nitrogen and oxygen atoms in total. The number of carbonyl (C=O) groups is 1. The Hall–Kier alpha value is -2.18. The summed E-state index contributed by atoms with van der Waals surface area (Å²) in [6.45, 7) is 0.235. The highest BCUT2D eigenvalue weighted by molar-refractivity contribution is 5.93. The van der Waals surface area contributed by atoms with Crippen molar-refractivity contribution >= 4 is 11.7 Å². The molecule has 4 N–H and O–H groups in total. The SMILES string of the molecule is N[C@H](CO)C(=O)Nc1ccn(Cc2ccccc2)n1. The quantitative estimate of drug-likeness (QED) is 0.715. The average molecular weight is 260 g/mol. The number of benzene rings is 1. The van der Waals surface area contributed by atoms with E-state index in [9.17, 15) is 4.79 Å². The molecule has 0 aliphatic heterocycles. The maximum atomic E-state index is 11.5. The molecule has 1 heterocycles. The van der Waals surface area contributed by atoms with E-state index < -0.39 is 18.6 Å². The van der Waals surface area contributed by atoms with E-state index in [1.807, 2.05) is 30.3 Å². The zero-order valence-electron chi connectivity index (χ0n) is 10.4. The molecule has 0 aliphatic carbocycles. The van der Waals surface area contributed by atoms with Gasteiger partial charge in [0.15, 0.2) is 5.82 Å². The van der Waals surface area contributed by atoms with Crippen LogP contribution in [0.5, 0.6) is 0 Å². The van der Waals surface area contributed by atoms with Gasteiger partial charge in [0.1, 0.15) is 6.04 Å². The van der Waals surface area contributed by atoms with Gasteiger partial charge in [-0.2, -0.15) is 5.10 Å². The van der Waals surface area contributed by atoms with Gasteiger partial charge < -0.3 is 16.2 Å². The standard InChI is InChI=1S/C13H16N4O2/c14-11(9-18)13(19)15-12-6-7-17(16-12)8-10-4-2-1-3-5-10/h1-7,11,18H,8-9,14H2,(H,15,16,19)/t11-/m1/s1. The fourth-order valence-electron chi connectivity index (χ4n) is 1.59. The molecule has 6 heteroatoms. The molecule has 2 aromatic rings. The van der Waals surface area contributed by atoms with E-state index in [1.54, 1.807) is 16.9 Å². The van der Waals surface area contributed by atoms with Crippen LogP contribution in [0.1, 0.15) is 5.56 Å². The van der Waals surface area contributed by atoms with Crippen molar-refractivity contribution in [2.24, 2.45) is 5.73 Å². The van der Waals surface area contributed by atoms with Crippen LogP contribution in [0.2, 0.25) is 0 Å². The maximum absolute atomic E-state index is 11.5. The predicted molar refractivity (Wildman–Crippen MR) is 71.5 cm³/mol. The van der Waals surface area contributed by atoms with Crippen molar-refractivity contribution in [2.45, 2.75) is 12.6 Å². The molecule has 2 rings (SSSR count). The molecule has 1 amide bonds. The number of hydrogen-bond acceptors (Lipinski definition) is 4. The van der Waals surface area contributed by atoms with Crippen LogP contribution >= 0.6 is 0 Å². The fourth-order valence-corrected chi connectivity index (χ4v) is 1.59. The van der Waals surface area contributed by atoms with Crippen molar-refractivity contribution in [1.82, 2.24) is 9.78 Å². The Labute approximate surface area is 110 Å². The smallest absolute Gasteiger partial charge is 0.244 e. The monoisotopic (exact) mass is 260 g/mol. The first-order valence-corrected chi connectivity index (χ1v) is 5.93. The van der Waals surface area contributed by atoms with Crippen LogP contribution in [0.25, 0.3) is 0 Å². The molecule has 100 valence electrons. The highest BCUT2D eigenvalue weighted by atomic mass is 16.3. The van der Waals surface area contributed by atoms with Gasteiger partial charge >= 0.3 is 0 Å². The molecule has 1 aromatic heterocycles. The Kier molecular flexibility index (Phi) is 4.27. The summed E-state index contributed by atoms with van der Waals surface area (Å²) in [5, 5.41) is 15.5. The lowest BCUT2D eigenvalue weighted by Crippen LogP contribution is -2.38. The van der Waals surface area contributed by atoms with E-state index in [-0.39, 0.29) is 0 Å². The summed E-state index contributed by atoms with van der Waals surface area (Å²) in [4.78, 5) is 11.5. The average Bonchev–Trinajstić information content (AvgIpc) is 2.86. The first-order valence-electron chi connectivity index (χ1n) is 5.93. The van der Waals surface area contributed by atoms with Gasteiger partial charge in [-0.25, -0.2) is 0 Å². The lowest BCUT2D eigenvalue weighted by molar-refractivity contribution is -0.118. The van der Waals surface area contributed by atoms with Crippen molar-refractivity contribution in [1.29, 1.82) is 0 Å². The maximum Gasteiger partial charge on any atom is 0.244 e. The largest absolute Gasteiger partial charge is 0.394 e. The van der Waals surface area contributed by atoms with Crippen LogP contribution in [0, 0.1) is 0 Å². The lowest BCUT2D eigenvalue weighted by atomic mass is 10.2. The Balaban J connectivity index is 1.98. The summed E-state index contributed by atoms with van der Waals surface area (Å²) in [7, 11) is 0. The zero-order chi connectivity index (χ0) is 13.7. The minimum atomic E-state index is -0.931. The van der Waals surface area contributed by atoms with Gasteiger partial charge in [-0.05, 0) is 5.56 Å². The Morgan fingerprint density at radius 2 is 2.11 bits per heavy atom. The Bertz CT molecular complexity index is 539. The summed E-state index contributed by atoms with van der Waals surface area (Å²) < 4.78 is 1.72. The molecule has 0 spiro atoms. The third kappa shape index (κ3) is 3.64. The normalized spacial score (nSPS) is 12.1. The van der Waals surface area contributed by atoms with Crippen LogP contribution in [-0.2, 0) is 11.3 Å². The highest BCUT2D eigenvalue weighted by Gasteiger charge is 2.13. The molecule has 0 unspecified atom stereocenters. The van der Waals surface area contributed by atoms with Gasteiger partial charge in [0.05, 0.1) is 13.2 Å². The van der Waals surface area contributed by atoms with E-state index in [0.29, 0.717) is 12.4 Å². The lowest BCUT2D eigenvalue weighted by Gasteiger charge is -2.07. The summed E-state index contributed by atoms with van der Waals surface area (Å²) in [5.41, 5.74) is 6.52. The van der Waals surface area contributed by atoms with E-state index in [4.69, 9.17) is 10.8 Å². The van der Waals surface area contributed by atoms with Gasteiger partial charge in [-0.3, -0.25) is 9.48 Å². The number of aliphatic hydroxyl groups is 1. The molecule has 19 heavy (non-hydrogen) atoms. The minimum absolute atomic E-state index is 0.392. The molecular weight excluding hydrogens is 244 g/mol. The van der Waals surface area contributed by atoms with Crippen LogP contribution < -0.4 is 11.1 Å². The first kappa shape index (κ1) is 13.3. The van der Waals surface area contributed by atoms with E-state index in [1.165, 1.54) is 0 Å². The van der Waals surface area contributed by atoms with E-state index in [2.05, 4.69) is 10.4 Å². The molecule has 0 saturated carbocycles. The number of nitrogens with one attached hydrogen (secondary N) is 1. The molecule has 0 radical (unpaired) electrons. The number of rotatable bonds is 5. The van der Waals surface area contributed by atoms with E-state index in [0.717, 1.165) is 5.56 Å². The second-order valence-corrected chi connectivity index (χ2v) is 4.16. The zero-order valence-corrected chi connectivity index (χ0v) is 10.4. The van der Waals surface area contributed by atoms with Crippen LogP contribution in [0.4, 0.5) is 5.82 Å². The van der Waals surface area contributed by atoms with Crippen LogP contribution in [0.3, 0.4) is 0 Å². The molecule has 1 aromatic carbocycles. The number of nitrogens with zero attached hydrogens (tertiary/aromatic N) is 2. The van der Waals surface area contributed by atoms with Crippen LogP contribution in [0.15, 0.2) is 42.6 Å². The van der Waals surface area contributed by atoms with Gasteiger partial charge in [0, 0.05) is 12.3 Å². The molecule has 0 fully saturated rings. The third-order valence-electron chi connectivity index (χ3n) is 2.61. The third-order valence-corrected chi connectivity index (χ3v) is 2.61. The van der Waals surface area contributed by atoms with Gasteiger partial charge in [-0.15, -0.1) is 0 Å². The van der Waals surface area contributed by atoms with Crippen molar-refractivity contribution in [2.75, 3.05) is 11.9 Å². The molecule has 0 aliphatic rings. The second kappa shape index (κ2) is 6.12. The van der Waals surface area contributed by atoms with Gasteiger partial charge in [0.25, 0.3) is 0 Å². The first-order chi connectivity index (χ1) is 9.19. The van der Waals surface area contributed by atoms with E-state index >= 15 is 0 Å². The number of amides is 1. The van der Waals surface area contributed by atoms with Crippen molar-refractivity contribution in [3.63, 3.8) is 0 Å². The number of aromatic nitrogens is 2. The Morgan fingerprint density at radius 1 is 1.37 bits per heavy atom. The van der Waals surface area contributed by atoms with Crippen LogP contribution in [-0.4, -0.2) is 33.4 Å².